The Morgan fingerprint density at radius 1 is 0.692 bits per heavy atom. The summed E-state index contributed by atoms with van der Waals surface area (Å²) in [5.74, 6) is 0. The van der Waals surface area contributed by atoms with Crippen LogP contribution < -0.4 is 4.57 Å². The lowest BCUT2D eigenvalue weighted by Gasteiger charge is -2.03. The van der Waals surface area contributed by atoms with Crippen LogP contribution >= 0.6 is 0 Å². The first-order valence-electron chi connectivity index (χ1n) is 10.4. The van der Waals surface area contributed by atoms with Crippen molar-refractivity contribution in [3.05, 3.63) is 54.4 Å². The van der Waals surface area contributed by atoms with Crippen molar-refractivity contribution in [2.45, 2.75) is 77.7 Å². The molecule has 0 unspecified atom stereocenters. The number of unbranched alkanes of at least 4 members (excludes halogenated alkanes) is 9. The van der Waals surface area contributed by atoms with Crippen molar-refractivity contribution in [3.63, 3.8) is 0 Å². The number of nitrogens with zero attached hydrogens (tertiary/aromatic N) is 1. The molecular weight excluding hydrogens is 318 g/mol. The van der Waals surface area contributed by atoms with E-state index in [0.29, 0.717) is 0 Å². The Kier molecular flexibility index (Phi) is 9.71. The molecule has 1 heterocycles. The van der Waals surface area contributed by atoms with Crippen molar-refractivity contribution in [1.82, 2.24) is 0 Å². The molecule has 2 heteroatoms. The number of aromatic nitrogens is 1. The summed E-state index contributed by atoms with van der Waals surface area (Å²) in [6.07, 6.45) is 19.0. The summed E-state index contributed by atoms with van der Waals surface area (Å²) >= 11 is 0. The molecule has 0 amide bonds. The molecule has 0 spiro atoms. The number of hydrogen-bond donors (Lipinski definition) is 0. The second-order valence-corrected chi connectivity index (χ2v) is 7.25. The highest BCUT2D eigenvalue weighted by Crippen LogP contribution is 2.18. The number of benzene rings is 1. The Hall–Kier alpha value is -1.96. The molecule has 0 N–H and O–H groups in total. The molecule has 0 atom stereocenters. The number of carbonyl (C=O) groups is 1. The second kappa shape index (κ2) is 12.4. The van der Waals surface area contributed by atoms with E-state index < -0.39 is 0 Å². The number of hydrogen-bond acceptors (Lipinski definition) is 1. The fraction of sp³-hybridized carbons (Fsp3) is 0.500. The van der Waals surface area contributed by atoms with Crippen molar-refractivity contribution in [2.24, 2.45) is 0 Å². The average molecular weight is 353 g/mol. The quantitative estimate of drug-likeness (QED) is 0.233. The van der Waals surface area contributed by atoms with Crippen LogP contribution in [-0.4, -0.2) is 6.29 Å². The maximum absolute atomic E-state index is 10.7. The largest absolute Gasteiger partial charge is 0.298 e. The highest BCUT2D eigenvalue weighted by atomic mass is 16.1. The molecule has 0 radical (unpaired) electrons. The van der Waals surface area contributed by atoms with Crippen molar-refractivity contribution >= 4 is 6.29 Å². The Labute approximate surface area is 159 Å². The van der Waals surface area contributed by atoms with E-state index in [9.17, 15) is 4.79 Å². The minimum absolute atomic E-state index is 0.723. The lowest BCUT2D eigenvalue weighted by molar-refractivity contribution is -0.697. The summed E-state index contributed by atoms with van der Waals surface area (Å²) in [6, 6.07) is 12.1. The lowest BCUT2D eigenvalue weighted by Crippen LogP contribution is -2.32. The van der Waals surface area contributed by atoms with E-state index in [1.54, 1.807) is 0 Å². The summed E-state index contributed by atoms with van der Waals surface area (Å²) in [4.78, 5) is 10.7. The minimum Gasteiger partial charge on any atom is -0.298 e. The Morgan fingerprint density at radius 3 is 1.73 bits per heavy atom. The number of aryl methyl sites for hydroxylation is 1. The SMILES string of the molecule is CCCCCCCCCCCC[n+]1ccc(-c2ccc(C=O)cc2)cc1. The van der Waals surface area contributed by atoms with Crippen LogP contribution in [0.3, 0.4) is 0 Å². The van der Waals surface area contributed by atoms with Gasteiger partial charge in [-0.05, 0) is 17.5 Å². The molecule has 26 heavy (non-hydrogen) atoms. The van der Waals surface area contributed by atoms with Gasteiger partial charge < -0.3 is 0 Å². The summed E-state index contributed by atoms with van der Waals surface area (Å²) < 4.78 is 2.27. The second-order valence-electron chi connectivity index (χ2n) is 7.25. The summed E-state index contributed by atoms with van der Waals surface area (Å²) in [7, 11) is 0. The normalized spacial score (nSPS) is 10.8. The van der Waals surface area contributed by atoms with Gasteiger partial charge in [-0.3, -0.25) is 4.79 Å². The van der Waals surface area contributed by atoms with E-state index in [0.717, 1.165) is 24.0 Å². The molecule has 0 aliphatic heterocycles. The molecule has 0 saturated heterocycles. The standard InChI is InChI=1S/C24H34NO/c1-2-3-4-5-6-7-8-9-10-11-18-25-19-16-24(17-20-25)23-14-12-22(21-26)13-15-23/h12-17,19-21H,2-11,18H2,1H3/q+1. The maximum atomic E-state index is 10.7. The van der Waals surface area contributed by atoms with Crippen LogP contribution in [0.1, 0.15) is 81.5 Å². The van der Waals surface area contributed by atoms with Crippen LogP contribution in [0.4, 0.5) is 0 Å². The van der Waals surface area contributed by atoms with Gasteiger partial charge in [-0.1, -0.05) is 82.6 Å². The molecule has 0 bridgehead atoms. The van der Waals surface area contributed by atoms with Gasteiger partial charge in [0.1, 0.15) is 12.8 Å². The van der Waals surface area contributed by atoms with Crippen molar-refractivity contribution in [1.29, 1.82) is 0 Å². The molecule has 140 valence electrons. The lowest BCUT2D eigenvalue weighted by atomic mass is 10.1. The van der Waals surface area contributed by atoms with E-state index in [1.165, 1.54) is 69.8 Å². The first-order chi connectivity index (χ1) is 12.8. The van der Waals surface area contributed by atoms with Crippen LogP contribution in [0.2, 0.25) is 0 Å². The van der Waals surface area contributed by atoms with Crippen molar-refractivity contribution in [2.75, 3.05) is 0 Å². The van der Waals surface area contributed by atoms with Gasteiger partial charge in [0, 0.05) is 24.1 Å². The molecule has 0 aliphatic carbocycles. The molecule has 2 nitrogen and oxygen atoms in total. The van der Waals surface area contributed by atoms with Gasteiger partial charge in [-0.15, -0.1) is 0 Å². The highest BCUT2D eigenvalue weighted by Gasteiger charge is 2.03. The zero-order valence-corrected chi connectivity index (χ0v) is 16.3. The molecule has 0 aliphatic rings. The van der Waals surface area contributed by atoms with Gasteiger partial charge in [-0.2, -0.15) is 0 Å². The molecule has 0 saturated carbocycles. The first-order valence-corrected chi connectivity index (χ1v) is 10.4. The van der Waals surface area contributed by atoms with E-state index in [2.05, 4.69) is 36.0 Å². The van der Waals surface area contributed by atoms with E-state index in [-0.39, 0.29) is 0 Å². The molecule has 0 fully saturated rings. The topological polar surface area (TPSA) is 20.9 Å². The summed E-state index contributed by atoms with van der Waals surface area (Å²) in [6.45, 7) is 3.37. The third-order valence-electron chi connectivity index (χ3n) is 5.04. The van der Waals surface area contributed by atoms with Gasteiger partial charge >= 0.3 is 0 Å². The number of pyridine rings is 1. The fourth-order valence-corrected chi connectivity index (χ4v) is 3.33. The zero-order valence-electron chi connectivity index (χ0n) is 16.3. The number of rotatable bonds is 13. The van der Waals surface area contributed by atoms with Crippen molar-refractivity contribution < 1.29 is 9.36 Å². The van der Waals surface area contributed by atoms with Crippen LogP contribution in [0.15, 0.2) is 48.8 Å². The zero-order chi connectivity index (χ0) is 18.5. The third kappa shape index (κ3) is 7.51. The Morgan fingerprint density at radius 2 is 1.19 bits per heavy atom. The Balaban J connectivity index is 1.61. The summed E-state index contributed by atoms with van der Waals surface area (Å²) in [5.41, 5.74) is 3.07. The van der Waals surface area contributed by atoms with Gasteiger partial charge in [0.25, 0.3) is 0 Å². The van der Waals surface area contributed by atoms with Gasteiger partial charge in [-0.25, -0.2) is 4.57 Å². The van der Waals surface area contributed by atoms with E-state index in [4.69, 9.17) is 0 Å². The minimum atomic E-state index is 0.723. The molecule has 2 aromatic rings. The van der Waals surface area contributed by atoms with Crippen molar-refractivity contribution in [3.8, 4) is 11.1 Å². The van der Waals surface area contributed by atoms with Gasteiger partial charge in [0.2, 0.25) is 0 Å². The number of carbonyl (C=O) groups excluding carboxylic acids is 1. The molecule has 1 aromatic heterocycles. The van der Waals surface area contributed by atoms with Crippen LogP contribution in [0, 0.1) is 0 Å². The van der Waals surface area contributed by atoms with Gasteiger partial charge in [0.15, 0.2) is 12.4 Å². The fourth-order valence-electron chi connectivity index (χ4n) is 3.33. The molecular formula is C24H34NO+. The highest BCUT2D eigenvalue weighted by molar-refractivity contribution is 5.76. The van der Waals surface area contributed by atoms with Crippen LogP contribution in [0.5, 0.6) is 0 Å². The third-order valence-corrected chi connectivity index (χ3v) is 5.04. The maximum Gasteiger partial charge on any atom is 0.169 e. The summed E-state index contributed by atoms with van der Waals surface area (Å²) in [5, 5.41) is 0. The Bertz CT molecular complexity index is 616. The number of aldehydes is 1. The van der Waals surface area contributed by atoms with E-state index >= 15 is 0 Å². The van der Waals surface area contributed by atoms with Gasteiger partial charge in [0.05, 0.1) is 0 Å². The smallest absolute Gasteiger partial charge is 0.169 e. The average Bonchev–Trinajstić information content (AvgIpc) is 2.70. The van der Waals surface area contributed by atoms with E-state index in [1.807, 2.05) is 24.3 Å². The molecule has 2 rings (SSSR count). The monoisotopic (exact) mass is 352 g/mol. The van der Waals surface area contributed by atoms with Crippen LogP contribution in [-0.2, 0) is 6.54 Å². The predicted molar refractivity (Wildman–Crippen MR) is 109 cm³/mol. The first kappa shape index (κ1) is 20.4. The molecule has 1 aromatic carbocycles. The van der Waals surface area contributed by atoms with Crippen LogP contribution in [0.25, 0.3) is 11.1 Å². The predicted octanol–water partition coefficient (Wildman–Crippen LogP) is 6.37.